The van der Waals surface area contributed by atoms with Crippen molar-refractivity contribution < 1.29 is 14.3 Å². The van der Waals surface area contributed by atoms with Gasteiger partial charge < -0.3 is 20.1 Å². The van der Waals surface area contributed by atoms with Crippen molar-refractivity contribution in [1.82, 2.24) is 9.97 Å². The van der Waals surface area contributed by atoms with Crippen LogP contribution in [0.4, 0.5) is 11.6 Å². The fourth-order valence-corrected chi connectivity index (χ4v) is 2.14. The maximum absolute atomic E-state index is 12.1. The molecule has 7 nitrogen and oxygen atoms in total. The van der Waals surface area contributed by atoms with Crippen molar-refractivity contribution in [2.75, 3.05) is 30.4 Å². The predicted octanol–water partition coefficient (Wildman–Crippen LogP) is 3.49. The Hall–Kier alpha value is -2.83. The van der Waals surface area contributed by atoms with E-state index < -0.39 is 0 Å². The molecule has 0 spiro atoms. The predicted molar refractivity (Wildman–Crippen MR) is 102 cm³/mol. The van der Waals surface area contributed by atoms with Crippen molar-refractivity contribution in [1.29, 1.82) is 0 Å². The summed E-state index contributed by atoms with van der Waals surface area (Å²) in [6, 6.07) is 7.18. The van der Waals surface area contributed by atoms with Crippen molar-refractivity contribution in [3.05, 3.63) is 36.7 Å². The van der Waals surface area contributed by atoms with E-state index >= 15 is 0 Å². The zero-order valence-corrected chi connectivity index (χ0v) is 15.3. The summed E-state index contributed by atoms with van der Waals surface area (Å²) in [4.78, 5) is 20.2. The van der Waals surface area contributed by atoms with Crippen LogP contribution < -0.4 is 20.1 Å². The Morgan fingerprint density at radius 2 is 1.73 bits per heavy atom. The number of nitrogens with zero attached hydrogens (tertiary/aromatic N) is 2. The molecule has 140 valence electrons. The van der Waals surface area contributed by atoms with E-state index in [-0.39, 0.29) is 5.91 Å². The molecule has 2 rings (SSSR count). The molecule has 2 N–H and O–H groups in total. The standard InChI is InChI=1S/C19H26N4O3/c1-3-12-25-16-7-6-15(14-17(16)26-13-4-2)23-18(24)8-11-22-19-20-9-5-10-21-19/h5-7,9-10,14H,3-4,8,11-13H2,1-2H3,(H,23,24)(H,20,21,22). The van der Waals surface area contributed by atoms with Gasteiger partial charge in [0.25, 0.3) is 0 Å². The van der Waals surface area contributed by atoms with E-state index in [2.05, 4.69) is 27.5 Å². The van der Waals surface area contributed by atoms with E-state index in [0.29, 0.717) is 49.3 Å². The Bertz CT molecular complexity index is 680. The lowest BCUT2D eigenvalue weighted by molar-refractivity contribution is -0.115. The summed E-state index contributed by atoms with van der Waals surface area (Å²) in [7, 11) is 0. The van der Waals surface area contributed by atoms with E-state index in [1.807, 2.05) is 19.1 Å². The quantitative estimate of drug-likeness (QED) is 0.639. The van der Waals surface area contributed by atoms with Crippen LogP contribution >= 0.6 is 0 Å². The highest BCUT2D eigenvalue weighted by Gasteiger charge is 2.09. The maximum atomic E-state index is 12.1. The Kier molecular flexibility index (Phi) is 8.18. The number of nitrogens with one attached hydrogen (secondary N) is 2. The molecule has 2 aromatic rings. The highest BCUT2D eigenvalue weighted by Crippen LogP contribution is 2.31. The van der Waals surface area contributed by atoms with Gasteiger partial charge in [-0.1, -0.05) is 13.8 Å². The van der Waals surface area contributed by atoms with Gasteiger partial charge in [-0.15, -0.1) is 0 Å². The molecule has 0 fully saturated rings. The van der Waals surface area contributed by atoms with Crippen LogP contribution in [-0.4, -0.2) is 35.6 Å². The van der Waals surface area contributed by atoms with Gasteiger partial charge in [0.05, 0.1) is 13.2 Å². The van der Waals surface area contributed by atoms with Gasteiger partial charge in [0.15, 0.2) is 11.5 Å². The van der Waals surface area contributed by atoms with Crippen LogP contribution in [0.1, 0.15) is 33.1 Å². The zero-order chi connectivity index (χ0) is 18.6. The van der Waals surface area contributed by atoms with Crippen LogP contribution in [-0.2, 0) is 4.79 Å². The lowest BCUT2D eigenvalue weighted by Crippen LogP contribution is -2.17. The molecular formula is C19H26N4O3. The third-order valence-electron chi connectivity index (χ3n) is 3.35. The van der Waals surface area contributed by atoms with Crippen molar-refractivity contribution >= 4 is 17.5 Å². The van der Waals surface area contributed by atoms with E-state index in [0.717, 1.165) is 12.8 Å². The molecule has 7 heteroatoms. The smallest absolute Gasteiger partial charge is 0.226 e. The van der Waals surface area contributed by atoms with Gasteiger partial charge in [0, 0.05) is 37.1 Å². The highest BCUT2D eigenvalue weighted by atomic mass is 16.5. The number of hydrogen-bond acceptors (Lipinski definition) is 6. The van der Waals surface area contributed by atoms with E-state index in [1.165, 1.54) is 0 Å². The molecule has 0 atom stereocenters. The fourth-order valence-electron chi connectivity index (χ4n) is 2.14. The third kappa shape index (κ3) is 6.58. The number of carbonyl (C=O) groups excluding carboxylic acids is 1. The third-order valence-corrected chi connectivity index (χ3v) is 3.35. The van der Waals surface area contributed by atoms with Crippen LogP contribution in [0.3, 0.4) is 0 Å². The van der Waals surface area contributed by atoms with Crippen molar-refractivity contribution in [2.24, 2.45) is 0 Å². The Morgan fingerprint density at radius 1 is 1.04 bits per heavy atom. The van der Waals surface area contributed by atoms with Crippen molar-refractivity contribution in [3.8, 4) is 11.5 Å². The minimum Gasteiger partial charge on any atom is -0.490 e. The number of hydrogen-bond donors (Lipinski definition) is 2. The Labute approximate surface area is 154 Å². The number of amides is 1. The molecule has 0 radical (unpaired) electrons. The average Bonchev–Trinajstić information content (AvgIpc) is 2.66. The first kappa shape index (κ1) is 19.5. The van der Waals surface area contributed by atoms with Crippen LogP contribution in [0.2, 0.25) is 0 Å². The largest absolute Gasteiger partial charge is 0.490 e. The van der Waals surface area contributed by atoms with Gasteiger partial charge >= 0.3 is 0 Å². The minimum absolute atomic E-state index is 0.0999. The number of ether oxygens (including phenoxy) is 2. The second-order valence-corrected chi connectivity index (χ2v) is 5.66. The monoisotopic (exact) mass is 358 g/mol. The first-order chi connectivity index (χ1) is 12.7. The van der Waals surface area contributed by atoms with Gasteiger partial charge in [-0.3, -0.25) is 4.79 Å². The summed E-state index contributed by atoms with van der Waals surface area (Å²) in [5.41, 5.74) is 0.681. The molecule has 0 aliphatic heterocycles. The molecule has 1 amide bonds. The van der Waals surface area contributed by atoms with E-state index in [1.54, 1.807) is 24.5 Å². The molecule has 1 heterocycles. The molecule has 1 aromatic carbocycles. The van der Waals surface area contributed by atoms with Gasteiger partial charge in [0.1, 0.15) is 0 Å². The van der Waals surface area contributed by atoms with Crippen LogP contribution in [0.25, 0.3) is 0 Å². The fraction of sp³-hybridized carbons (Fsp3) is 0.421. The summed E-state index contributed by atoms with van der Waals surface area (Å²) >= 11 is 0. The second-order valence-electron chi connectivity index (χ2n) is 5.66. The molecular weight excluding hydrogens is 332 g/mol. The number of carbonyl (C=O) groups is 1. The second kappa shape index (κ2) is 10.9. The summed E-state index contributed by atoms with van der Waals surface area (Å²) in [5.74, 6) is 1.75. The summed E-state index contributed by atoms with van der Waals surface area (Å²) in [6.07, 6.45) is 5.42. The Balaban J connectivity index is 1.89. The molecule has 1 aromatic heterocycles. The molecule has 0 bridgehead atoms. The number of rotatable bonds is 11. The first-order valence-electron chi connectivity index (χ1n) is 8.93. The zero-order valence-electron chi connectivity index (χ0n) is 15.3. The summed E-state index contributed by atoms with van der Waals surface area (Å²) < 4.78 is 11.4. The maximum Gasteiger partial charge on any atom is 0.226 e. The van der Waals surface area contributed by atoms with Crippen LogP contribution in [0.5, 0.6) is 11.5 Å². The Morgan fingerprint density at radius 3 is 2.42 bits per heavy atom. The van der Waals surface area contributed by atoms with Gasteiger partial charge in [-0.05, 0) is 31.0 Å². The highest BCUT2D eigenvalue weighted by molar-refractivity contribution is 5.91. The topological polar surface area (TPSA) is 85.4 Å². The van der Waals surface area contributed by atoms with Gasteiger partial charge in [-0.2, -0.15) is 0 Å². The van der Waals surface area contributed by atoms with Crippen LogP contribution in [0.15, 0.2) is 36.7 Å². The van der Waals surface area contributed by atoms with Gasteiger partial charge in [0.2, 0.25) is 11.9 Å². The molecule has 0 saturated carbocycles. The first-order valence-corrected chi connectivity index (χ1v) is 8.93. The van der Waals surface area contributed by atoms with Crippen molar-refractivity contribution in [2.45, 2.75) is 33.1 Å². The summed E-state index contributed by atoms with van der Waals surface area (Å²) in [5, 5.41) is 5.88. The molecule has 0 aliphatic rings. The normalized spacial score (nSPS) is 10.2. The molecule has 26 heavy (non-hydrogen) atoms. The minimum atomic E-state index is -0.0999. The number of aromatic nitrogens is 2. The van der Waals surface area contributed by atoms with Crippen molar-refractivity contribution in [3.63, 3.8) is 0 Å². The number of benzene rings is 1. The number of anilines is 2. The SMILES string of the molecule is CCCOc1ccc(NC(=O)CCNc2ncccn2)cc1OCCC. The van der Waals surface area contributed by atoms with E-state index in [9.17, 15) is 4.79 Å². The summed E-state index contributed by atoms with van der Waals surface area (Å²) in [6.45, 7) is 5.77. The molecule has 0 aliphatic carbocycles. The van der Waals surface area contributed by atoms with Crippen LogP contribution in [0, 0.1) is 0 Å². The lowest BCUT2D eigenvalue weighted by atomic mass is 10.2. The molecule has 0 unspecified atom stereocenters. The molecule has 0 saturated heterocycles. The van der Waals surface area contributed by atoms with Gasteiger partial charge in [-0.25, -0.2) is 9.97 Å². The van der Waals surface area contributed by atoms with E-state index in [4.69, 9.17) is 9.47 Å². The average molecular weight is 358 g/mol. The lowest BCUT2D eigenvalue weighted by Gasteiger charge is -2.14.